The van der Waals surface area contributed by atoms with Crippen LogP contribution < -0.4 is 5.73 Å². The maximum absolute atomic E-state index is 13.7. The molecule has 1 nitrogen and oxygen atoms in total. The molecule has 0 aliphatic carbocycles. The fraction of sp³-hybridized carbons (Fsp3) is 0.143. The normalized spacial score (nSPS) is 12.5. The molecule has 0 amide bonds. The molecule has 0 aromatic heterocycles. The number of hydrogen-bond acceptors (Lipinski definition) is 2. The van der Waals surface area contributed by atoms with Gasteiger partial charge in [0, 0.05) is 16.5 Å². The zero-order valence-corrected chi connectivity index (χ0v) is 11.0. The third kappa shape index (κ3) is 3.11. The molecule has 2 aromatic rings. The van der Waals surface area contributed by atoms with Crippen molar-refractivity contribution in [3.63, 3.8) is 0 Å². The van der Waals surface area contributed by atoms with Gasteiger partial charge < -0.3 is 5.73 Å². The van der Waals surface area contributed by atoms with Crippen LogP contribution in [0.5, 0.6) is 0 Å². The van der Waals surface area contributed by atoms with Gasteiger partial charge in [0.2, 0.25) is 0 Å². The molecule has 2 N–H and O–H groups in total. The monoisotopic (exact) mass is 283 g/mol. The van der Waals surface area contributed by atoms with Crippen LogP contribution in [0, 0.1) is 17.5 Å². The van der Waals surface area contributed by atoms with Gasteiger partial charge >= 0.3 is 0 Å². The standard InChI is InChI=1S/C14H12F3NS/c1-8(18)14-11(17)3-2-4-12(14)19-13-7-9(15)5-6-10(13)16/h2-8H,18H2,1H3. The maximum atomic E-state index is 13.7. The Kier molecular flexibility index (Phi) is 4.17. The van der Waals surface area contributed by atoms with E-state index < -0.39 is 23.5 Å². The highest BCUT2D eigenvalue weighted by atomic mass is 32.2. The molecular formula is C14H12F3NS. The highest BCUT2D eigenvalue weighted by molar-refractivity contribution is 7.99. The Morgan fingerprint density at radius 1 is 1.00 bits per heavy atom. The van der Waals surface area contributed by atoms with Crippen molar-refractivity contribution in [3.8, 4) is 0 Å². The summed E-state index contributed by atoms with van der Waals surface area (Å²) >= 11 is 0.962. The van der Waals surface area contributed by atoms with Crippen LogP contribution in [0.4, 0.5) is 13.2 Å². The van der Waals surface area contributed by atoms with Gasteiger partial charge in [0.15, 0.2) is 0 Å². The predicted octanol–water partition coefficient (Wildman–Crippen LogP) is 4.27. The summed E-state index contributed by atoms with van der Waals surface area (Å²) in [4.78, 5) is 0.590. The molecule has 0 heterocycles. The Morgan fingerprint density at radius 2 is 1.74 bits per heavy atom. The third-order valence-electron chi connectivity index (χ3n) is 2.58. The lowest BCUT2D eigenvalue weighted by Crippen LogP contribution is -2.09. The minimum Gasteiger partial charge on any atom is -0.324 e. The first-order valence-electron chi connectivity index (χ1n) is 5.66. The molecule has 0 bridgehead atoms. The summed E-state index contributed by atoms with van der Waals surface area (Å²) in [6.45, 7) is 1.64. The van der Waals surface area contributed by atoms with Crippen molar-refractivity contribution in [1.82, 2.24) is 0 Å². The van der Waals surface area contributed by atoms with E-state index in [1.165, 1.54) is 12.1 Å². The minimum absolute atomic E-state index is 0.104. The summed E-state index contributed by atoms with van der Waals surface area (Å²) in [7, 11) is 0. The summed E-state index contributed by atoms with van der Waals surface area (Å²) in [5.41, 5.74) is 6.02. The van der Waals surface area contributed by atoms with Crippen LogP contribution >= 0.6 is 11.8 Å². The maximum Gasteiger partial charge on any atom is 0.137 e. The van der Waals surface area contributed by atoms with Crippen LogP contribution in [0.2, 0.25) is 0 Å². The quantitative estimate of drug-likeness (QED) is 0.910. The first kappa shape index (κ1) is 14.0. The Balaban J connectivity index is 2.44. The highest BCUT2D eigenvalue weighted by Crippen LogP contribution is 2.35. The number of nitrogens with two attached hydrogens (primary N) is 1. The van der Waals surface area contributed by atoms with Crippen LogP contribution in [0.1, 0.15) is 18.5 Å². The Hall–Kier alpha value is -1.46. The molecule has 0 aliphatic rings. The fourth-order valence-electron chi connectivity index (χ4n) is 1.72. The number of benzene rings is 2. The molecule has 2 rings (SSSR count). The molecule has 100 valence electrons. The molecule has 0 aliphatic heterocycles. The lowest BCUT2D eigenvalue weighted by molar-refractivity contribution is 0.575. The van der Waals surface area contributed by atoms with Gasteiger partial charge in [-0.05, 0) is 37.3 Å². The van der Waals surface area contributed by atoms with E-state index in [1.54, 1.807) is 13.0 Å². The Morgan fingerprint density at radius 3 is 2.42 bits per heavy atom. The van der Waals surface area contributed by atoms with E-state index in [2.05, 4.69) is 0 Å². The summed E-state index contributed by atoms with van der Waals surface area (Å²) in [6, 6.07) is 7.08. The lowest BCUT2D eigenvalue weighted by Gasteiger charge is -2.13. The first-order chi connectivity index (χ1) is 8.99. The molecule has 2 aromatic carbocycles. The molecule has 0 saturated carbocycles. The van der Waals surface area contributed by atoms with E-state index in [1.807, 2.05) is 0 Å². The second-order valence-electron chi connectivity index (χ2n) is 4.12. The van der Waals surface area contributed by atoms with E-state index in [-0.39, 0.29) is 4.90 Å². The summed E-state index contributed by atoms with van der Waals surface area (Å²) in [5.74, 6) is -1.54. The van der Waals surface area contributed by atoms with E-state index in [0.717, 1.165) is 30.0 Å². The van der Waals surface area contributed by atoms with Gasteiger partial charge in [0.1, 0.15) is 17.5 Å². The molecule has 5 heteroatoms. The van der Waals surface area contributed by atoms with Crippen molar-refractivity contribution in [3.05, 3.63) is 59.4 Å². The topological polar surface area (TPSA) is 26.0 Å². The smallest absolute Gasteiger partial charge is 0.137 e. The highest BCUT2D eigenvalue weighted by Gasteiger charge is 2.15. The van der Waals surface area contributed by atoms with Gasteiger partial charge in [0.05, 0.1) is 4.90 Å². The number of hydrogen-bond donors (Lipinski definition) is 1. The summed E-state index contributed by atoms with van der Waals surface area (Å²) < 4.78 is 40.4. The SMILES string of the molecule is CC(N)c1c(F)cccc1Sc1cc(F)ccc1F. The van der Waals surface area contributed by atoms with Crippen molar-refractivity contribution >= 4 is 11.8 Å². The van der Waals surface area contributed by atoms with Gasteiger partial charge in [-0.25, -0.2) is 13.2 Å². The van der Waals surface area contributed by atoms with Crippen LogP contribution in [0.15, 0.2) is 46.2 Å². The van der Waals surface area contributed by atoms with Crippen LogP contribution in [-0.2, 0) is 0 Å². The zero-order valence-electron chi connectivity index (χ0n) is 10.2. The minimum atomic E-state index is -0.550. The van der Waals surface area contributed by atoms with Crippen molar-refractivity contribution in [2.75, 3.05) is 0 Å². The first-order valence-corrected chi connectivity index (χ1v) is 6.47. The van der Waals surface area contributed by atoms with E-state index >= 15 is 0 Å². The molecule has 19 heavy (non-hydrogen) atoms. The summed E-state index contributed by atoms with van der Waals surface area (Å²) in [6.07, 6.45) is 0. The lowest BCUT2D eigenvalue weighted by atomic mass is 10.1. The average molecular weight is 283 g/mol. The van der Waals surface area contributed by atoms with Crippen molar-refractivity contribution in [2.45, 2.75) is 22.8 Å². The van der Waals surface area contributed by atoms with E-state index in [4.69, 9.17) is 5.73 Å². The van der Waals surface area contributed by atoms with Crippen LogP contribution in [0.25, 0.3) is 0 Å². The van der Waals surface area contributed by atoms with Gasteiger partial charge in [-0.15, -0.1) is 0 Å². The van der Waals surface area contributed by atoms with Gasteiger partial charge in [0.25, 0.3) is 0 Å². The molecule has 1 atom stereocenters. The van der Waals surface area contributed by atoms with E-state index in [9.17, 15) is 13.2 Å². The third-order valence-corrected chi connectivity index (χ3v) is 3.69. The van der Waals surface area contributed by atoms with E-state index in [0.29, 0.717) is 10.5 Å². The molecule has 0 radical (unpaired) electrons. The number of rotatable bonds is 3. The van der Waals surface area contributed by atoms with Gasteiger partial charge in [-0.3, -0.25) is 0 Å². The second kappa shape index (κ2) is 5.67. The van der Waals surface area contributed by atoms with Crippen LogP contribution in [-0.4, -0.2) is 0 Å². The summed E-state index contributed by atoms with van der Waals surface area (Å²) in [5, 5.41) is 0. The molecular weight excluding hydrogens is 271 g/mol. The van der Waals surface area contributed by atoms with Gasteiger partial charge in [-0.1, -0.05) is 17.8 Å². The molecule has 0 spiro atoms. The van der Waals surface area contributed by atoms with Crippen molar-refractivity contribution in [2.24, 2.45) is 5.73 Å². The Labute approximate surface area is 113 Å². The largest absolute Gasteiger partial charge is 0.324 e. The number of halogens is 3. The average Bonchev–Trinajstić information content (AvgIpc) is 2.33. The van der Waals surface area contributed by atoms with Crippen molar-refractivity contribution in [1.29, 1.82) is 0 Å². The zero-order chi connectivity index (χ0) is 14.0. The molecule has 1 unspecified atom stereocenters. The van der Waals surface area contributed by atoms with Crippen LogP contribution in [0.3, 0.4) is 0 Å². The second-order valence-corrected chi connectivity index (χ2v) is 5.20. The van der Waals surface area contributed by atoms with Gasteiger partial charge in [-0.2, -0.15) is 0 Å². The molecule has 0 fully saturated rings. The van der Waals surface area contributed by atoms with Crippen molar-refractivity contribution < 1.29 is 13.2 Å². The predicted molar refractivity (Wildman–Crippen MR) is 69.5 cm³/mol. The Bertz CT molecular complexity index is 599. The fourth-order valence-corrected chi connectivity index (χ4v) is 2.84. The molecule has 0 saturated heterocycles.